The summed E-state index contributed by atoms with van der Waals surface area (Å²) in [6.07, 6.45) is 6.15. The fourth-order valence-electron chi connectivity index (χ4n) is 2.12. The van der Waals surface area contributed by atoms with Crippen molar-refractivity contribution in [2.24, 2.45) is 11.7 Å². The summed E-state index contributed by atoms with van der Waals surface area (Å²) in [5, 5.41) is 2.91. The van der Waals surface area contributed by atoms with Crippen LogP contribution in [0.25, 0.3) is 0 Å². The normalized spacial score (nSPS) is 21.2. The fourth-order valence-corrected chi connectivity index (χ4v) is 2.12. The van der Waals surface area contributed by atoms with Gasteiger partial charge in [0.25, 0.3) is 0 Å². The minimum absolute atomic E-state index is 0.00597. The van der Waals surface area contributed by atoms with Crippen molar-refractivity contribution >= 4 is 5.91 Å². The minimum Gasteiger partial charge on any atom is -0.475 e. The topological polar surface area (TPSA) is 77.2 Å². The molecule has 0 bridgehead atoms. The van der Waals surface area contributed by atoms with Gasteiger partial charge in [-0.05, 0) is 26.3 Å². The van der Waals surface area contributed by atoms with Crippen LogP contribution in [0.5, 0.6) is 5.88 Å². The molecule has 1 aliphatic rings. The predicted molar refractivity (Wildman–Crippen MR) is 77.1 cm³/mol. The average molecular weight is 275 g/mol. The number of carbonyl (C=O) groups is 1. The van der Waals surface area contributed by atoms with Crippen molar-refractivity contribution in [3.05, 3.63) is 36.0 Å². The maximum atomic E-state index is 12.0. The molecule has 108 valence electrons. The highest BCUT2D eigenvalue weighted by Gasteiger charge is 2.22. The molecule has 0 radical (unpaired) electrons. The van der Waals surface area contributed by atoms with E-state index >= 15 is 0 Å². The van der Waals surface area contributed by atoms with Gasteiger partial charge in [0.05, 0.1) is 12.0 Å². The molecule has 0 saturated carbocycles. The van der Waals surface area contributed by atoms with E-state index in [-0.39, 0.29) is 24.0 Å². The highest BCUT2D eigenvalue weighted by molar-refractivity contribution is 5.81. The van der Waals surface area contributed by atoms with E-state index in [1.165, 1.54) is 0 Å². The zero-order chi connectivity index (χ0) is 14.5. The summed E-state index contributed by atoms with van der Waals surface area (Å²) in [4.78, 5) is 16.2. The van der Waals surface area contributed by atoms with Gasteiger partial charge in [-0.15, -0.1) is 0 Å². The number of pyridine rings is 1. The van der Waals surface area contributed by atoms with Crippen molar-refractivity contribution in [2.45, 2.75) is 39.0 Å². The monoisotopic (exact) mass is 275 g/mol. The number of hydrogen-bond donors (Lipinski definition) is 2. The lowest BCUT2D eigenvalue weighted by molar-refractivity contribution is -0.123. The summed E-state index contributed by atoms with van der Waals surface area (Å²) in [5.74, 6) is 0.436. The number of hydrogen-bond acceptors (Lipinski definition) is 4. The molecule has 1 amide bonds. The van der Waals surface area contributed by atoms with Crippen molar-refractivity contribution in [2.75, 3.05) is 0 Å². The summed E-state index contributed by atoms with van der Waals surface area (Å²) in [6.45, 7) is 4.30. The molecule has 3 N–H and O–H groups in total. The smallest absolute Gasteiger partial charge is 0.227 e. The van der Waals surface area contributed by atoms with Gasteiger partial charge in [-0.2, -0.15) is 0 Å². The first-order chi connectivity index (χ1) is 9.56. The second-order valence-corrected chi connectivity index (χ2v) is 5.24. The summed E-state index contributed by atoms with van der Waals surface area (Å²) in [6, 6.07) is 3.73. The fraction of sp³-hybridized carbons (Fsp3) is 0.467. The van der Waals surface area contributed by atoms with E-state index in [1.807, 2.05) is 38.1 Å². The molecule has 1 aliphatic carbocycles. The van der Waals surface area contributed by atoms with Crippen LogP contribution < -0.4 is 15.8 Å². The lowest BCUT2D eigenvalue weighted by atomic mass is 10.1. The van der Waals surface area contributed by atoms with Crippen molar-refractivity contribution in [3.8, 4) is 5.88 Å². The van der Waals surface area contributed by atoms with Crippen molar-refractivity contribution in [1.82, 2.24) is 10.3 Å². The largest absolute Gasteiger partial charge is 0.475 e. The zero-order valence-corrected chi connectivity index (χ0v) is 11.9. The molecule has 1 aromatic rings. The number of nitrogens with two attached hydrogens (primary N) is 1. The second kappa shape index (κ2) is 6.52. The number of aromatic nitrogens is 1. The highest BCUT2D eigenvalue weighted by atomic mass is 16.5. The quantitative estimate of drug-likeness (QED) is 0.796. The first kappa shape index (κ1) is 14.5. The van der Waals surface area contributed by atoms with Crippen LogP contribution in [0.15, 0.2) is 30.5 Å². The second-order valence-electron chi connectivity index (χ2n) is 5.24. The number of nitrogens with zero attached hydrogens (tertiary/aromatic N) is 1. The Morgan fingerprint density at radius 3 is 3.00 bits per heavy atom. The van der Waals surface area contributed by atoms with Crippen molar-refractivity contribution in [3.63, 3.8) is 0 Å². The number of rotatable bonds is 5. The van der Waals surface area contributed by atoms with Gasteiger partial charge in [0.2, 0.25) is 11.8 Å². The third-order valence-electron chi connectivity index (χ3n) is 3.10. The SMILES string of the molecule is CC(C)Oc1ncccc1CNC(=O)C1C=CC(N)C1. The molecule has 1 heterocycles. The zero-order valence-electron chi connectivity index (χ0n) is 11.9. The molecule has 5 heteroatoms. The van der Waals surface area contributed by atoms with Crippen LogP contribution in [0.4, 0.5) is 0 Å². The first-order valence-electron chi connectivity index (χ1n) is 6.88. The van der Waals surface area contributed by atoms with Gasteiger partial charge in [0, 0.05) is 24.3 Å². The third-order valence-corrected chi connectivity index (χ3v) is 3.10. The molecule has 1 aromatic heterocycles. The Balaban J connectivity index is 1.93. The van der Waals surface area contributed by atoms with Crippen LogP contribution in [0.3, 0.4) is 0 Å². The Morgan fingerprint density at radius 2 is 2.35 bits per heavy atom. The Labute approximate surface area is 119 Å². The molecule has 0 fully saturated rings. The summed E-state index contributed by atoms with van der Waals surface area (Å²) < 4.78 is 5.62. The van der Waals surface area contributed by atoms with Gasteiger partial charge >= 0.3 is 0 Å². The van der Waals surface area contributed by atoms with E-state index < -0.39 is 0 Å². The minimum atomic E-state index is -0.129. The molecule has 2 unspecified atom stereocenters. The maximum absolute atomic E-state index is 12.0. The van der Waals surface area contributed by atoms with Crippen LogP contribution in [0.1, 0.15) is 25.8 Å². The molecule has 0 spiro atoms. The van der Waals surface area contributed by atoms with Crippen LogP contribution in [0.2, 0.25) is 0 Å². The molecule has 20 heavy (non-hydrogen) atoms. The summed E-state index contributed by atoms with van der Waals surface area (Å²) in [5.41, 5.74) is 6.63. The van der Waals surface area contributed by atoms with Gasteiger partial charge in [0.15, 0.2) is 0 Å². The highest BCUT2D eigenvalue weighted by Crippen LogP contribution is 2.18. The molecule has 0 saturated heterocycles. The molecule has 2 rings (SSSR count). The number of nitrogens with one attached hydrogen (secondary N) is 1. The van der Waals surface area contributed by atoms with Crippen LogP contribution in [0, 0.1) is 5.92 Å². The van der Waals surface area contributed by atoms with E-state index in [0.717, 1.165) is 5.56 Å². The molecule has 0 aliphatic heterocycles. The first-order valence-corrected chi connectivity index (χ1v) is 6.88. The maximum Gasteiger partial charge on any atom is 0.227 e. The van der Waals surface area contributed by atoms with Gasteiger partial charge in [-0.1, -0.05) is 18.2 Å². The van der Waals surface area contributed by atoms with Crippen LogP contribution in [-0.4, -0.2) is 23.0 Å². The Morgan fingerprint density at radius 1 is 1.55 bits per heavy atom. The Hall–Kier alpha value is -1.88. The summed E-state index contributed by atoms with van der Waals surface area (Å²) in [7, 11) is 0. The number of carbonyl (C=O) groups excluding carboxylic acids is 1. The van der Waals surface area contributed by atoms with Gasteiger partial charge in [-0.25, -0.2) is 4.98 Å². The van der Waals surface area contributed by atoms with Gasteiger partial charge in [0.1, 0.15) is 0 Å². The van der Waals surface area contributed by atoms with Crippen LogP contribution >= 0.6 is 0 Å². The summed E-state index contributed by atoms with van der Waals surface area (Å²) >= 11 is 0. The third kappa shape index (κ3) is 3.81. The number of amides is 1. The average Bonchev–Trinajstić information content (AvgIpc) is 2.83. The van der Waals surface area contributed by atoms with E-state index in [1.54, 1.807) is 6.20 Å². The molecular weight excluding hydrogens is 254 g/mol. The predicted octanol–water partition coefficient (Wildman–Crippen LogP) is 1.39. The van der Waals surface area contributed by atoms with E-state index in [0.29, 0.717) is 18.8 Å². The standard InChI is InChI=1S/C15H21N3O2/c1-10(2)20-15-12(4-3-7-17-15)9-18-14(19)11-5-6-13(16)8-11/h3-7,10-11,13H,8-9,16H2,1-2H3,(H,18,19). The Kier molecular flexibility index (Phi) is 4.74. The molecular formula is C15H21N3O2. The van der Waals surface area contributed by atoms with E-state index in [4.69, 9.17) is 10.5 Å². The van der Waals surface area contributed by atoms with Crippen LogP contribution in [-0.2, 0) is 11.3 Å². The molecule has 2 atom stereocenters. The van der Waals surface area contributed by atoms with Crippen molar-refractivity contribution in [1.29, 1.82) is 0 Å². The molecule has 5 nitrogen and oxygen atoms in total. The molecule has 0 aromatic carbocycles. The Bertz CT molecular complexity index is 500. The van der Waals surface area contributed by atoms with E-state index in [9.17, 15) is 4.79 Å². The number of ether oxygens (including phenoxy) is 1. The lowest BCUT2D eigenvalue weighted by Crippen LogP contribution is -2.30. The van der Waals surface area contributed by atoms with Crippen molar-refractivity contribution < 1.29 is 9.53 Å². The van der Waals surface area contributed by atoms with E-state index in [2.05, 4.69) is 10.3 Å². The van der Waals surface area contributed by atoms with Gasteiger partial charge in [-0.3, -0.25) is 4.79 Å². The lowest BCUT2D eigenvalue weighted by Gasteiger charge is -2.14. The van der Waals surface area contributed by atoms with Gasteiger partial charge < -0.3 is 15.8 Å².